The van der Waals surface area contributed by atoms with Gasteiger partial charge in [0.2, 0.25) is 0 Å². The summed E-state index contributed by atoms with van der Waals surface area (Å²) in [6.07, 6.45) is -0.0331. The van der Waals surface area contributed by atoms with Gasteiger partial charge in [0, 0.05) is 38.4 Å². The molecule has 33 heavy (non-hydrogen) atoms. The predicted octanol–water partition coefficient (Wildman–Crippen LogP) is 3.52. The summed E-state index contributed by atoms with van der Waals surface area (Å²) in [7, 11) is 7.73. The number of rotatable bonds is 8. The summed E-state index contributed by atoms with van der Waals surface area (Å²) in [6.45, 7) is 4.79. The average Bonchev–Trinajstić information content (AvgIpc) is 3.01. The monoisotopic (exact) mass is 451 g/mol. The Labute approximate surface area is 195 Å². The van der Waals surface area contributed by atoms with Crippen molar-refractivity contribution in [3.05, 3.63) is 65.2 Å². The number of Topliss-reactive ketones (excluding diaryl/α,β-unsaturated/α-hetero) is 1. The Morgan fingerprint density at radius 3 is 2.30 bits per heavy atom. The van der Waals surface area contributed by atoms with Crippen molar-refractivity contribution in [2.24, 2.45) is 0 Å². The fourth-order valence-electron chi connectivity index (χ4n) is 3.86. The van der Waals surface area contributed by atoms with Gasteiger partial charge >= 0.3 is 0 Å². The molecule has 3 rings (SSSR count). The fourth-order valence-corrected chi connectivity index (χ4v) is 3.86. The molecule has 1 atom stereocenters. The zero-order chi connectivity index (χ0) is 24.3. The highest BCUT2D eigenvalue weighted by molar-refractivity contribution is 6.46. The third-order valence-electron chi connectivity index (χ3n) is 5.53. The number of carbonyl (C=O) groups excluding carboxylic acids is 2. The standard InChI is InChI=1S/C26H33N3O4/c1-17(2)33-21-9-7-8-19(16-21)24(30)22-23(18-10-12-20(13-11-18)28(5)6)29(15-14-27(3)4)26(32)25(22)31/h7-13,16-17,23,30H,14-15H2,1-6H3/b24-22-. The second-order valence-corrected chi connectivity index (χ2v) is 8.98. The molecule has 0 saturated carbocycles. The van der Waals surface area contributed by atoms with Crippen molar-refractivity contribution in [3.8, 4) is 5.75 Å². The van der Waals surface area contributed by atoms with Crippen LogP contribution in [0.3, 0.4) is 0 Å². The third kappa shape index (κ3) is 5.37. The van der Waals surface area contributed by atoms with Crippen LogP contribution in [0.15, 0.2) is 54.1 Å². The summed E-state index contributed by atoms with van der Waals surface area (Å²) < 4.78 is 5.74. The minimum atomic E-state index is -0.678. The first-order valence-electron chi connectivity index (χ1n) is 11.1. The maximum atomic E-state index is 13.1. The van der Waals surface area contributed by atoms with Crippen LogP contribution in [-0.4, -0.2) is 74.0 Å². The maximum Gasteiger partial charge on any atom is 0.295 e. The summed E-state index contributed by atoms with van der Waals surface area (Å²) in [6, 6.07) is 14.0. The van der Waals surface area contributed by atoms with Crippen LogP contribution >= 0.6 is 0 Å². The van der Waals surface area contributed by atoms with Crippen molar-refractivity contribution < 1.29 is 19.4 Å². The van der Waals surface area contributed by atoms with Crippen LogP contribution in [0.2, 0.25) is 0 Å². The van der Waals surface area contributed by atoms with E-state index in [2.05, 4.69) is 0 Å². The van der Waals surface area contributed by atoms with Crippen molar-refractivity contribution in [2.75, 3.05) is 46.2 Å². The number of aliphatic hydroxyl groups excluding tert-OH is 1. The number of nitrogens with zero attached hydrogens (tertiary/aromatic N) is 3. The van der Waals surface area contributed by atoms with Crippen LogP contribution in [-0.2, 0) is 9.59 Å². The molecule has 1 N–H and O–H groups in total. The van der Waals surface area contributed by atoms with Gasteiger partial charge in [-0.3, -0.25) is 9.59 Å². The molecule has 1 aliphatic rings. The Morgan fingerprint density at radius 1 is 1.06 bits per heavy atom. The summed E-state index contributed by atoms with van der Waals surface area (Å²) in [5.41, 5.74) is 2.31. The summed E-state index contributed by atoms with van der Waals surface area (Å²) >= 11 is 0. The van der Waals surface area contributed by atoms with E-state index in [1.54, 1.807) is 29.2 Å². The molecule has 1 fully saturated rings. The third-order valence-corrected chi connectivity index (χ3v) is 5.53. The first-order chi connectivity index (χ1) is 15.6. The number of likely N-dealkylation sites (N-methyl/N-ethyl adjacent to an activating group) is 1. The topological polar surface area (TPSA) is 73.3 Å². The molecule has 7 nitrogen and oxygen atoms in total. The summed E-state index contributed by atoms with van der Waals surface area (Å²) in [5, 5.41) is 11.2. The molecule has 2 aromatic carbocycles. The van der Waals surface area contributed by atoms with E-state index in [-0.39, 0.29) is 17.4 Å². The van der Waals surface area contributed by atoms with Gasteiger partial charge in [0.25, 0.3) is 11.7 Å². The van der Waals surface area contributed by atoms with Gasteiger partial charge in [0.05, 0.1) is 17.7 Å². The van der Waals surface area contributed by atoms with Gasteiger partial charge in [0.1, 0.15) is 11.5 Å². The normalized spacial score (nSPS) is 17.8. The number of carbonyl (C=O) groups is 2. The number of hydrogen-bond donors (Lipinski definition) is 1. The van der Waals surface area contributed by atoms with Gasteiger partial charge in [0.15, 0.2) is 0 Å². The van der Waals surface area contributed by atoms with E-state index < -0.39 is 17.7 Å². The molecule has 1 aliphatic heterocycles. The van der Waals surface area contributed by atoms with Gasteiger partial charge in [-0.05, 0) is 57.8 Å². The summed E-state index contributed by atoms with van der Waals surface area (Å²) in [5.74, 6) is -0.892. The Morgan fingerprint density at radius 2 is 1.73 bits per heavy atom. The van der Waals surface area contributed by atoms with Crippen LogP contribution in [0, 0.1) is 0 Å². The first kappa shape index (κ1) is 24.3. The quantitative estimate of drug-likeness (QED) is 0.376. The molecule has 0 bridgehead atoms. The minimum absolute atomic E-state index is 0.0331. The Balaban J connectivity index is 2.11. The van der Waals surface area contributed by atoms with E-state index in [9.17, 15) is 14.7 Å². The lowest BCUT2D eigenvalue weighted by Crippen LogP contribution is -2.35. The van der Waals surface area contributed by atoms with Crippen LogP contribution in [0.5, 0.6) is 5.75 Å². The van der Waals surface area contributed by atoms with E-state index >= 15 is 0 Å². The molecule has 7 heteroatoms. The number of anilines is 1. The Kier molecular flexibility index (Phi) is 7.43. The lowest BCUT2D eigenvalue weighted by atomic mass is 9.95. The van der Waals surface area contributed by atoms with Crippen LogP contribution < -0.4 is 9.64 Å². The number of ether oxygens (including phenoxy) is 1. The van der Waals surface area contributed by atoms with Crippen molar-refractivity contribution >= 4 is 23.1 Å². The van der Waals surface area contributed by atoms with Crippen molar-refractivity contribution in [2.45, 2.75) is 26.0 Å². The van der Waals surface area contributed by atoms with Gasteiger partial charge in [-0.15, -0.1) is 0 Å². The zero-order valence-corrected chi connectivity index (χ0v) is 20.2. The molecule has 1 unspecified atom stereocenters. The zero-order valence-electron chi connectivity index (χ0n) is 20.2. The second kappa shape index (κ2) is 10.1. The molecule has 0 aromatic heterocycles. The first-order valence-corrected chi connectivity index (χ1v) is 11.1. The van der Waals surface area contributed by atoms with Crippen molar-refractivity contribution in [3.63, 3.8) is 0 Å². The van der Waals surface area contributed by atoms with E-state index in [4.69, 9.17) is 4.74 Å². The average molecular weight is 452 g/mol. The van der Waals surface area contributed by atoms with E-state index in [1.165, 1.54) is 0 Å². The van der Waals surface area contributed by atoms with Crippen LogP contribution in [0.4, 0.5) is 5.69 Å². The number of amides is 1. The number of likely N-dealkylation sites (tertiary alicyclic amines) is 1. The predicted molar refractivity (Wildman–Crippen MR) is 131 cm³/mol. The number of hydrogen-bond acceptors (Lipinski definition) is 6. The molecular weight excluding hydrogens is 418 g/mol. The Bertz CT molecular complexity index is 1040. The molecule has 0 aliphatic carbocycles. The SMILES string of the molecule is CC(C)Oc1cccc(/C(O)=C2/C(=O)C(=O)N(CCN(C)C)C2c2ccc(N(C)C)cc2)c1. The van der Waals surface area contributed by atoms with Gasteiger partial charge < -0.3 is 24.5 Å². The Hall–Kier alpha value is -3.32. The molecule has 0 radical (unpaired) electrons. The highest BCUT2D eigenvalue weighted by Crippen LogP contribution is 2.40. The van der Waals surface area contributed by atoms with Crippen molar-refractivity contribution in [1.82, 2.24) is 9.80 Å². The van der Waals surface area contributed by atoms with Crippen LogP contribution in [0.25, 0.3) is 5.76 Å². The maximum absolute atomic E-state index is 13.1. The largest absolute Gasteiger partial charge is 0.507 e. The minimum Gasteiger partial charge on any atom is -0.507 e. The molecule has 1 amide bonds. The van der Waals surface area contributed by atoms with E-state index in [1.807, 2.05) is 76.1 Å². The van der Waals surface area contributed by atoms with Gasteiger partial charge in [-0.1, -0.05) is 24.3 Å². The number of aliphatic hydroxyl groups is 1. The number of benzene rings is 2. The van der Waals surface area contributed by atoms with Gasteiger partial charge in [-0.2, -0.15) is 0 Å². The molecule has 2 aromatic rings. The fraction of sp³-hybridized carbons (Fsp3) is 0.385. The number of ketones is 1. The lowest BCUT2D eigenvalue weighted by Gasteiger charge is -2.27. The molecule has 176 valence electrons. The molecule has 1 heterocycles. The lowest BCUT2D eigenvalue weighted by molar-refractivity contribution is -0.140. The highest BCUT2D eigenvalue weighted by Gasteiger charge is 2.45. The van der Waals surface area contributed by atoms with Crippen LogP contribution in [0.1, 0.15) is 31.0 Å². The van der Waals surface area contributed by atoms with E-state index in [0.29, 0.717) is 24.4 Å². The molecule has 1 saturated heterocycles. The smallest absolute Gasteiger partial charge is 0.295 e. The molecule has 0 spiro atoms. The second-order valence-electron chi connectivity index (χ2n) is 8.98. The van der Waals surface area contributed by atoms with Crippen molar-refractivity contribution in [1.29, 1.82) is 0 Å². The van der Waals surface area contributed by atoms with Gasteiger partial charge in [-0.25, -0.2) is 0 Å². The van der Waals surface area contributed by atoms with E-state index in [0.717, 1.165) is 11.3 Å². The summed E-state index contributed by atoms with van der Waals surface area (Å²) in [4.78, 5) is 31.6. The highest BCUT2D eigenvalue weighted by atomic mass is 16.5. The molecular formula is C26H33N3O4.